The first-order valence-corrected chi connectivity index (χ1v) is 6.42. The van der Waals surface area contributed by atoms with Crippen molar-refractivity contribution in [2.75, 3.05) is 25.1 Å². The quantitative estimate of drug-likeness (QED) is 0.835. The molecule has 4 nitrogen and oxygen atoms in total. The van der Waals surface area contributed by atoms with Gasteiger partial charge in [0.05, 0.1) is 11.4 Å². The summed E-state index contributed by atoms with van der Waals surface area (Å²) < 4.78 is 0. The van der Waals surface area contributed by atoms with Gasteiger partial charge in [-0.1, -0.05) is 0 Å². The fourth-order valence-corrected chi connectivity index (χ4v) is 2.15. The summed E-state index contributed by atoms with van der Waals surface area (Å²) >= 11 is 1.61. The molecule has 94 valence electrons. The highest BCUT2D eigenvalue weighted by Crippen LogP contribution is 2.25. The van der Waals surface area contributed by atoms with Crippen LogP contribution >= 0.6 is 11.3 Å². The van der Waals surface area contributed by atoms with Crippen molar-refractivity contribution in [3.05, 3.63) is 40.6 Å². The Labute approximate surface area is 110 Å². The average Bonchev–Trinajstić information content (AvgIpc) is 2.83. The fraction of sp³-hybridized carbons (Fsp3) is 0.154. The van der Waals surface area contributed by atoms with Crippen molar-refractivity contribution in [1.29, 1.82) is 0 Å². The van der Waals surface area contributed by atoms with Crippen molar-refractivity contribution in [2.45, 2.75) is 0 Å². The Hall–Kier alpha value is -2.01. The minimum Gasteiger partial charge on any atom is -0.397 e. The number of carbonyl (C=O) groups excluding carboxylic acids is 1. The summed E-state index contributed by atoms with van der Waals surface area (Å²) in [4.78, 5) is 13.3. The molecule has 1 aromatic carbocycles. The SMILES string of the molecule is CN(C)C(=O)c1ccc(Nc2ccsc2)c(N)c1. The van der Waals surface area contributed by atoms with Crippen molar-refractivity contribution >= 4 is 34.3 Å². The summed E-state index contributed by atoms with van der Waals surface area (Å²) in [6.07, 6.45) is 0. The third-order valence-electron chi connectivity index (χ3n) is 2.50. The molecular weight excluding hydrogens is 246 g/mol. The van der Waals surface area contributed by atoms with Crippen LogP contribution in [0.4, 0.5) is 17.1 Å². The molecule has 0 fully saturated rings. The standard InChI is InChI=1S/C13H15N3OS/c1-16(2)13(17)9-3-4-12(11(14)7-9)15-10-5-6-18-8-10/h3-8,15H,14H2,1-2H3. The summed E-state index contributed by atoms with van der Waals surface area (Å²) in [5, 5.41) is 7.19. The highest BCUT2D eigenvalue weighted by molar-refractivity contribution is 7.08. The van der Waals surface area contributed by atoms with Gasteiger partial charge in [-0.05, 0) is 29.6 Å². The van der Waals surface area contributed by atoms with E-state index < -0.39 is 0 Å². The number of anilines is 3. The minimum absolute atomic E-state index is 0.0521. The van der Waals surface area contributed by atoms with E-state index in [0.29, 0.717) is 11.3 Å². The number of benzene rings is 1. The fourth-order valence-electron chi connectivity index (χ4n) is 1.56. The Kier molecular flexibility index (Phi) is 3.53. The summed E-state index contributed by atoms with van der Waals surface area (Å²) in [5.41, 5.74) is 8.91. The Morgan fingerprint density at radius 3 is 2.67 bits per heavy atom. The van der Waals surface area contributed by atoms with E-state index in [0.717, 1.165) is 11.4 Å². The molecule has 0 bridgehead atoms. The molecule has 3 N–H and O–H groups in total. The molecule has 1 aromatic heterocycles. The second kappa shape index (κ2) is 5.10. The number of nitrogens with zero attached hydrogens (tertiary/aromatic N) is 1. The molecule has 0 atom stereocenters. The number of nitrogens with one attached hydrogen (secondary N) is 1. The number of rotatable bonds is 3. The van der Waals surface area contributed by atoms with E-state index in [1.54, 1.807) is 37.6 Å². The van der Waals surface area contributed by atoms with Crippen LogP contribution in [-0.2, 0) is 0 Å². The Balaban J connectivity index is 2.23. The zero-order valence-corrected chi connectivity index (χ0v) is 11.1. The van der Waals surface area contributed by atoms with Crippen molar-refractivity contribution < 1.29 is 4.79 Å². The predicted molar refractivity (Wildman–Crippen MR) is 76.5 cm³/mol. The molecule has 1 amide bonds. The summed E-state index contributed by atoms with van der Waals surface area (Å²) in [6, 6.07) is 7.26. The maximum atomic E-state index is 11.8. The Bertz CT molecular complexity index is 549. The van der Waals surface area contributed by atoms with Crippen molar-refractivity contribution in [1.82, 2.24) is 4.90 Å². The molecule has 5 heteroatoms. The smallest absolute Gasteiger partial charge is 0.253 e. The first-order valence-electron chi connectivity index (χ1n) is 5.48. The first-order chi connectivity index (χ1) is 8.58. The molecule has 0 spiro atoms. The number of nitrogen functional groups attached to an aromatic ring is 1. The highest BCUT2D eigenvalue weighted by atomic mass is 32.1. The predicted octanol–water partition coefficient (Wildman–Crippen LogP) is 2.78. The molecule has 0 aliphatic heterocycles. The van der Waals surface area contributed by atoms with Crippen LogP contribution in [-0.4, -0.2) is 24.9 Å². The summed E-state index contributed by atoms with van der Waals surface area (Å²) in [5.74, 6) is -0.0521. The topological polar surface area (TPSA) is 58.4 Å². The van der Waals surface area contributed by atoms with E-state index in [9.17, 15) is 4.79 Å². The van der Waals surface area contributed by atoms with Gasteiger partial charge in [0.15, 0.2) is 0 Å². The van der Waals surface area contributed by atoms with E-state index in [1.807, 2.05) is 22.9 Å². The normalized spacial score (nSPS) is 10.1. The van der Waals surface area contributed by atoms with Crippen LogP contribution in [0.5, 0.6) is 0 Å². The Morgan fingerprint density at radius 2 is 2.11 bits per heavy atom. The van der Waals surface area contributed by atoms with Crippen LogP contribution in [0.3, 0.4) is 0 Å². The maximum absolute atomic E-state index is 11.8. The van der Waals surface area contributed by atoms with Gasteiger partial charge in [0.25, 0.3) is 5.91 Å². The number of hydrogen-bond acceptors (Lipinski definition) is 4. The summed E-state index contributed by atoms with van der Waals surface area (Å²) in [6.45, 7) is 0. The average molecular weight is 261 g/mol. The second-order valence-electron chi connectivity index (χ2n) is 4.14. The van der Waals surface area contributed by atoms with Gasteiger partial charge in [0, 0.05) is 30.7 Å². The Morgan fingerprint density at radius 1 is 1.33 bits per heavy atom. The zero-order valence-electron chi connectivity index (χ0n) is 10.3. The molecule has 1 heterocycles. The molecule has 2 rings (SSSR count). The lowest BCUT2D eigenvalue weighted by atomic mass is 10.1. The van der Waals surface area contributed by atoms with E-state index in [2.05, 4.69) is 5.32 Å². The number of hydrogen-bond donors (Lipinski definition) is 2. The number of nitrogens with two attached hydrogens (primary N) is 1. The van der Waals surface area contributed by atoms with E-state index in [1.165, 1.54) is 4.90 Å². The van der Waals surface area contributed by atoms with Crippen LogP contribution < -0.4 is 11.1 Å². The molecule has 2 aromatic rings. The third kappa shape index (κ3) is 2.62. The largest absolute Gasteiger partial charge is 0.397 e. The van der Waals surface area contributed by atoms with E-state index >= 15 is 0 Å². The highest BCUT2D eigenvalue weighted by Gasteiger charge is 2.10. The zero-order chi connectivity index (χ0) is 13.1. The maximum Gasteiger partial charge on any atom is 0.253 e. The lowest BCUT2D eigenvalue weighted by Crippen LogP contribution is -2.21. The van der Waals surface area contributed by atoms with Gasteiger partial charge in [-0.15, -0.1) is 0 Å². The van der Waals surface area contributed by atoms with Crippen LogP contribution in [0.2, 0.25) is 0 Å². The molecule has 18 heavy (non-hydrogen) atoms. The van der Waals surface area contributed by atoms with Gasteiger partial charge in [-0.2, -0.15) is 11.3 Å². The third-order valence-corrected chi connectivity index (χ3v) is 3.19. The molecular formula is C13H15N3OS. The number of carbonyl (C=O) groups is 1. The summed E-state index contributed by atoms with van der Waals surface area (Å²) in [7, 11) is 3.44. The van der Waals surface area contributed by atoms with E-state index in [-0.39, 0.29) is 5.91 Å². The molecule has 0 aliphatic carbocycles. The van der Waals surface area contributed by atoms with E-state index in [4.69, 9.17) is 5.73 Å². The van der Waals surface area contributed by atoms with Crippen molar-refractivity contribution in [2.24, 2.45) is 0 Å². The van der Waals surface area contributed by atoms with Gasteiger partial charge in [-0.25, -0.2) is 0 Å². The van der Waals surface area contributed by atoms with Gasteiger partial charge in [0.1, 0.15) is 0 Å². The molecule has 0 saturated carbocycles. The van der Waals surface area contributed by atoms with Crippen LogP contribution in [0.15, 0.2) is 35.0 Å². The molecule has 0 saturated heterocycles. The van der Waals surface area contributed by atoms with Gasteiger partial charge >= 0.3 is 0 Å². The lowest BCUT2D eigenvalue weighted by molar-refractivity contribution is 0.0827. The molecule has 0 aliphatic rings. The minimum atomic E-state index is -0.0521. The monoisotopic (exact) mass is 261 g/mol. The molecule has 0 radical (unpaired) electrons. The second-order valence-corrected chi connectivity index (χ2v) is 4.92. The van der Waals surface area contributed by atoms with Crippen LogP contribution in [0, 0.1) is 0 Å². The van der Waals surface area contributed by atoms with Crippen LogP contribution in [0.25, 0.3) is 0 Å². The first kappa shape index (κ1) is 12.4. The van der Waals surface area contributed by atoms with Crippen molar-refractivity contribution in [3.63, 3.8) is 0 Å². The number of amides is 1. The number of thiophene rings is 1. The van der Waals surface area contributed by atoms with Crippen LogP contribution in [0.1, 0.15) is 10.4 Å². The van der Waals surface area contributed by atoms with Crippen molar-refractivity contribution in [3.8, 4) is 0 Å². The molecule has 0 unspecified atom stereocenters. The van der Waals surface area contributed by atoms with Gasteiger partial charge in [-0.3, -0.25) is 4.79 Å². The van der Waals surface area contributed by atoms with Gasteiger partial charge < -0.3 is 16.0 Å². The van der Waals surface area contributed by atoms with Gasteiger partial charge in [0.2, 0.25) is 0 Å². The lowest BCUT2D eigenvalue weighted by Gasteiger charge is -2.13.